The van der Waals surface area contributed by atoms with E-state index in [1.807, 2.05) is 0 Å². The minimum atomic E-state index is -0.481. The SMILES string of the molecule is O=C1/C(=C/c2ccc([N+](=O)[O-])cc2)Sc2scc(-c3cccc([N+](=O)[O-])c3)[n+]21.[Cl-]. The van der Waals surface area contributed by atoms with E-state index < -0.39 is 9.85 Å². The van der Waals surface area contributed by atoms with Gasteiger partial charge in [-0.1, -0.05) is 17.4 Å². The average molecular weight is 448 g/mol. The van der Waals surface area contributed by atoms with Crippen molar-refractivity contribution in [3.05, 3.63) is 84.6 Å². The molecule has 146 valence electrons. The van der Waals surface area contributed by atoms with Gasteiger partial charge in [-0.25, -0.2) is 4.79 Å². The van der Waals surface area contributed by atoms with Crippen LogP contribution in [0, 0.1) is 20.2 Å². The topological polar surface area (TPSA) is 107 Å². The van der Waals surface area contributed by atoms with Crippen LogP contribution in [0.1, 0.15) is 10.4 Å². The molecule has 0 unspecified atom stereocenters. The van der Waals surface area contributed by atoms with E-state index in [9.17, 15) is 25.0 Å². The molecule has 0 aliphatic carbocycles. The summed E-state index contributed by atoms with van der Waals surface area (Å²) in [5.74, 6) is -0.235. The molecule has 0 saturated heterocycles. The van der Waals surface area contributed by atoms with Crippen molar-refractivity contribution in [3.8, 4) is 11.3 Å². The largest absolute Gasteiger partial charge is 1.00 e. The van der Waals surface area contributed by atoms with Crippen molar-refractivity contribution < 1.29 is 31.6 Å². The number of nitro benzene ring substituents is 2. The van der Waals surface area contributed by atoms with E-state index in [-0.39, 0.29) is 29.7 Å². The van der Waals surface area contributed by atoms with Gasteiger partial charge in [0.05, 0.1) is 20.8 Å². The van der Waals surface area contributed by atoms with E-state index in [1.165, 1.54) is 51.9 Å². The number of rotatable bonds is 4. The summed E-state index contributed by atoms with van der Waals surface area (Å²) in [6.07, 6.45) is 1.67. The number of benzene rings is 2. The number of halogens is 1. The van der Waals surface area contributed by atoms with Crippen LogP contribution in [0.15, 0.2) is 63.2 Å². The van der Waals surface area contributed by atoms with E-state index in [4.69, 9.17) is 0 Å². The van der Waals surface area contributed by atoms with Gasteiger partial charge in [-0.2, -0.15) is 0 Å². The zero-order valence-electron chi connectivity index (χ0n) is 14.4. The van der Waals surface area contributed by atoms with Gasteiger partial charge in [0.1, 0.15) is 4.91 Å². The Labute approximate surface area is 178 Å². The van der Waals surface area contributed by atoms with Crippen LogP contribution < -0.4 is 17.0 Å². The van der Waals surface area contributed by atoms with Gasteiger partial charge >= 0.3 is 10.2 Å². The lowest BCUT2D eigenvalue weighted by molar-refractivity contribution is -0.588. The van der Waals surface area contributed by atoms with Crippen molar-refractivity contribution in [1.29, 1.82) is 0 Å². The third-order valence-electron chi connectivity index (χ3n) is 4.06. The lowest BCUT2D eigenvalue weighted by Gasteiger charge is -1.96. The molecule has 8 nitrogen and oxygen atoms in total. The van der Waals surface area contributed by atoms with Crippen molar-refractivity contribution in [1.82, 2.24) is 0 Å². The Kier molecular flexibility index (Phi) is 5.78. The number of hydrogen-bond acceptors (Lipinski definition) is 7. The van der Waals surface area contributed by atoms with Crippen molar-refractivity contribution in [2.24, 2.45) is 0 Å². The van der Waals surface area contributed by atoms with Gasteiger partial charge in [-0.15, -0.1) is 4.57 Å². The number of nitro groups is 2. The number of hydrogen-bond donors (Lipinski definition) is 0. The molecule has 0 radical (unpaired) electrons. The van der Waals surface area contributed by atoms with Gasteiger partial charge in [0.15, 0.2) is 0 Å². The molecule has 2 aromatic carbocycles. The number of thiazole rings is 1. The quantitative estimate of drug-likeness (QED) is 0.258. The summed E-state index contributed by atoms with van der Waals surface area (Å²) in [5.41, 5.74) is 1.79. The van der Waals surface area contributed by atoms with Crippen LogP contribution in [0.3, 0.4) is 0 Å². The fraction of sp³-hybridized carbons (Fsp3) is 0. The number of nitrogens with zero attached hydrogens (tertiary/aromatic N) is 3. The molecule has 2 heterocycles. The molecule has 1 aliphatic rings. The molecule has 11 heteroatoms. The van der Waals surface area contributed by atoms with E-state index in [2.05, 4.69) is 0 Å². The first-order valence-electron chi connectivity index (χ1n) is 7.91. The maximum atomic E-state index is 12.9. The summed E-state index contributed by atoms with van der Waals surface area (Å²) in [4.78, 5) is 34.2. The molecule has 0 fully saturated rings. The normalized spacial score (nSPS) is 13.8. The summed E-state index contributed by atoms with van der Waals surface area (Å²) in [5, 5.41) is 23.6. The third-order valence-corrected chi connectivity index (χ3v) is 6.19. The number of carbonyl (C=O) groups is 1. The average Bonchev–Trinajstić information content (AvgIpc) is 3.23. The Balaban J connectivity index is 0.00000240. The van der Waals surface area contributed by atoms with Gasteiger partial charge < -0.3 is 12.4 Å². The van der Waals surface area contributed by atoms with Crippen LogP contribution >= 0.6 is 23.1 Å². The molecular formula is C18H10ClN3O5S2. The summed E-state index contributed by atoms with van der Waals surface area (Å²) in [6, 6.07) is 12.1. The van der Waals surface area contributed by atoms with Gasteiger partial charge in [-0.05, 0) is 29.8 Å². The molecule has 29 heavy (non-hydrogen) atoms. The van der Waals surface area contributed by atoms with E-state index in [0.29, 0.717) is 21.7 Å². The smallest absolute Gasteiger partial charge is 0.433 e. The zero-order chi connectivity index (χ0) is 19.8. The number of aromatic nitrogens is 1. The monoisotopic (exact) mass is 447 g/mol. The van der Waals surface area contributed by atoms with Gasteiger partial charge in [-0.3, -0.25) is 20.2 Å². The molecule has 0 N–H and O–H groups in total. The molecule has 0 amide bonds. The first-order valence-corrected chi connectivity index (χ1v) is 9.61. The molecule has 1 aliphatic heterocycles. The highest BCUT2D eigenvalue weighted by Gasteiger charge is 2.41. The molecule has 0 spiro atoms. The minimum absolute atomic E-state index is 0. The molecular weight excluding hydrogens is 438 g/mol. The highest BCUT2D eigenvalue weighted by molar-refractivity contribution is 8.05. The lowest BCUT2D eigenvalue weighted by atomic mass is 10.1. The minimum Gasteiger partial charge on any atom is -1.00 e. The summed E-state index contributed by atoms with van der Waals surface area (Å²) >= 11 is 2.68. The van der Waals surface area contributed by atoms with Crippen LogP contribution in [0.2, 0.25) is 0 Å². The molecule has 1 aromatic heterocycles. The third kappa shape index (κ3) is 3.90. The first-order chi connectivity index (χ1) is 13.4. The Bertz CT molecular complexity index is 1170. The predicted molar refractivity (Wildman–Crippen MR) is 104 cm³/mol. The molecule has 0 bridgehead atoms. The van der Waals surface area contributed by atoms with Crippen LogP contribution in [0.25, 0.3) is 17.3 Å². The fourth-order valence-electron chi connectivity index (χ4n) is 2.73. The van der Waals surface area contributed by atoms with Crippen LogP contribution in [0.5, 0.6) is 0 Å². The highest BCUT2D eigenvalue weighted by atomic mass is 35.5. The maximum Gasteiger partial charge on any atom is 0.433 e. The van der Waals surface area contributed by atoms with E-state index in [0.717, 1.165) is 4.34 Å². The fourth-order valence-corrected chi connectivity index (χ4v) is 4.91. The van der Waals surface area contributed by atoms with Crippen molar-refractivity contribution in [2.45, 2.75) is 4.34 Å². The molecule has 0 atom stereocenters. The Morgan fingerprint density at radius 3 is 2.31 bits per heavy atom. The number of carbonyl (C=O) groups excluding carboxylic acids is 1. The molecule has 0 saturated carbocycles. The second kappa shape index (κ2) is 8.11. The van der Waals surface area contributed by atoms with Crippen LogP contribution in [0.4, 0.5) is 11.4 Å². The van der Waals surface area contributed by atoms with Gasteiger partial charge in [0.2, 0.25) is 5.69 Å². The van der Waals surface area contributed by atoms with E-state index >= 15 is 0 Å². The zero-order valence-corrected chi connectivity index (χ0v) is 16.7. The summed E-state index contributed by atoms with van der Waals surface area (Å²) < 4.78 is 2.28. The second-order valence-electron chi connectivity index (χ2n) is 5.79. The van der Waals surface area contributed by atoms with Crippen molar-refractivity contribution in [3.63, 3.8) is 0 Å². The maximum absolute atomic E-state index is 12.9. The van der Waals surface area contributed by atoms with Gasteiger partial charge in [0, 0.05) is 36.0 Å². The Morgan fingerprint density at radius 1 is 0.966 bits per heavy atom. The Morgan fingerprint density at radius 2 is 1.66 bits per heavy atom. The number of fused-ring (bicyclic) bond motifs is 1. The number of thioether (sulfide) groups is 1. The summed E-state index contributed by atoms with van der Waals surface area (Å²) in [7, 11) is 0. The molecule has 3 aromatic rings. The lowest BCUT2D eigenvalue weighted by Crippen LogP contribution is -3.00. The second-order valence-corrected chi connectivity index (χ2v) is 7.94. The van der Waals surface area contributed by atoms with E-state index in [1.54, 1.807) is 35.7 Å². The summed E-state index contributed by atoms with van der Waals surface area (Å²) in [6.45, 7) is 0. The molecule has 4 rings (SSSR count). The van der Waals surface area contributed by atoms with Crippen LogP contribution in [-0.2, 0) is 0 Å². The number of non-ortho nitro benzene ring substituents is 2. The van der Waals surface area contributed by atoms with Gasteiger partial charge in [0.25, 0.3) is 11.4 Å². The Hall–Kier alpha value is -3.08. The highest BCUT2D eigenvalue weighted by Crippen LogP contribution is 2.38. The van der Waals surface area contributed by atoms with Crippen LogP contribution in [-0.4, -0.2) is 15.8 Å². The first kappa shape index (κ1) is 20.6. The van der Waals surface area contributed by atoms with Crippen molar-refractivity contribution in [2.75, 3.05) is 0 Å². The standard InChI is InChI=1S/C18H10N3O5S2.ClH/c22-17-16(8-11-4-6-13(7-5-11)20(23)24)28-18-19(17)15(10-27-18)12-2-1-3-14(9-12)21(25)26;/h1-10H;1H/q+1;/p-1/b16-8-;. The van der Waals surface area contributed by atoms with Crippen molar-refractivity contribution >= 4 is 46.5 Å². The predicted octanol–water partition coefficient (Wildman–Crippen LogP) is 1.31. The number of allylic oxidation sites excluding steroid dienone is 1.